The van der Waals surface area contributed by atoms with Gasteiger partial charge in [-0.05, 0) is 51.4 Å². The normalized spacial score (nSPS) is 13.8. The average Bonchev–Trinajstić information content (AvgIpc) is 3.00. The molecule has 7 heteroatoms. The lowest BCUT2D eigenvalue weighted by Gasteiger charge is -2.21. The largest absolute Gasteiger partial charge is 0.387 e. The molecule has 0 aliphatic heterocycles. The maximum atomic E-state index is 12.5. The van der Waals surface area contributed by atoms with Crippen LogP contribution in [0.4, 0.5) is 0 Å². The van der Waals surface area contributed by atoms with Crippen molar-refractivity contribution >= 4 is 16.0 Å². The van der Waals surface area contributed by atoms with E-state index in [9.17, 15) is 22.9 Å². The highest BCUT2D eigenvalue weighted by atomic mass is 32.2. The van der Waals surface area contributed by atoms with Crippen molar-refractivity contribution in [3.05, 3.63) is 36.5 Å². The van der Waals surface area contributed by atoms with E-state index in [2.05, 4.69) is 43.5 Å². The van der Waals surface area contributed by atoms with Crippen molar-refractivity contribution in [2.24, 2.45) is 0 Å². The van der Waals surface area contributed by atoms with Crippen LogP contribution >= 0.6 is 0 Å². The summed E-state index contributed by atoms with van der Waals surface area (Å²) in [7, 11) is -4.34. The molecular weight excluding hydrogens is 582 g/mol. The molecule has 2 unspecified atom stereocenters. The standard InChI is InChI=1S/C38H71NO5S/c1-3-5-7-9-11-13-15-17-19-21-23-25-27-29-31-33-37(40)36(35-45(42,43)44)39-38(41)34-32-30-28-26-24-22-20-18-16-14-12-10-8-6-4-2/h12,14,18,20,31,33,36-37,40H,3-11,13,15-17,19,21-30,32,34-35H2,1-2H3,(H,39,41)(H,42,43,44)/b14-12-,20-18-,33-31+. The Morgan fingerprint density at radius 2 is 1.00 bits per heavy atom. The van der Waals surface area contributed by atoms with Crippen molar-refractivity contribution in [3.8, 4) is 0 Å². The van der Waals surface area contributed by atoms with Crippen molar-refractivity contribution in [1.82, 2.24) is 5.32 Å². The van der Waals surface area contributed by atoms with Gasteiger partial charge in [-0.3, -0.25) is 9.35 Å². The Balaban J connectivity index is 4.01. The van der Waals surface area contributed by atoms with Crippen molar-refractivity contribution in [3.63, 3.8) is 0 Å². The van der Waals surface area contributed by atoms with Crippen molar-refractivity contribution < 1.29 is 22.9 Å². The van der Waals surface area contributed by atoms with E-state index in [1.165, 1.54) is 96.3 Å². The molecule has 0 rings (SSSR count). The van der Waals surface area contributed by atoms with E-state index >= 15 is 0 Å². The van der Waals surface area contributed by atoms with E-state index in [-0.39, 0.29) is 12.3 Å². The minimum absolute atomic E-state index is 0.280. The quantitative estimate of drug-likeness (QED) is 0.0371. The molecule has 0 radical (unpaired) electrons. The monoisotopic (exact) mass is 654 g/mol. The molecule has 0 aromatic carbocycles. The lowest BCUT2D eigenvalue weighted by atomic mass is 10.0. The Morgan fingerprint density at radius 1 is 0.600 bits per heavy atom. The molecule has 0 heterocycles. The lowest BCUT2D eigenvalue weighted by molar-refractivity contribution is -0.122. The predicted octanol–water partition coefficient (Wildman–Crippen LogP) is 10.6. The Kier molecular flexibility index (Phi) is 31.5. The van der Waals surface area contributed by atoms with Gasteiger partial charge in [0.1, 0.15) is 0 Å². The molecule has 6 nitrogen and oxygen atoms in total. The number of hydrogen-bond acceptors (Lipinski definition) is 4. The molecule has 0 saturated carbocycles. The highest BCUT2D eigenvalue weighted by Gasteiger charge is 2.24. The van der Waals surface area contributed by atoms with Crippen LogP contribution in [0, 0.1) is 0 Å². The van der Waals surface area contributed by atoms with E-state index in [0.717, 1.165) is 57.8 Å². The van der Waals surface area contributed by atoms with Gasteiger partial charge in [-0.2, -0.15) is 8.42 Å². The number of nitrogens with one attached hydrogen (secondary N) is 1. The lowest BCUT2D eigenvalue weighted by Crippen LogP contribution is -2.46. The smallest absolute Gasteiger partial charge is 0.267 e. The highest BCUT2D eigenvalue weighted by Crippen LogP contribution is 2.14. The van der Waals surface area contributed by atoms with Gasteiger partial charge in [-0.15, -0.1) is 0 Å². The first-order chi connectivity index (χ1) is 21.8. The fourth-order valence-corrected chi connectivity index (χ4v) is 6.21. The van der Waals surface area contributed by atoms with Gasteiger partial charge in [0.2, 0.25) is 5.91 Å². The third-order valence-electron chi connectivity index (χ3n) is 8.31. The SMILES string of the molecule is CCCCC/C=C\C/C=C\CCCCCCCC(=O)NC(CS(=O)(=O)O)C(O)/C=C/CCCCCCCCCCCCCCC. The number of amides is 1. The Bertz CT molecular complexity index is 852. The zero-order chi connectivity index (χ0) is 33.3. The minimum atomic E-state index is -4.34. The average molecular weight is 654 g/mol. The molecule has 0 saturated heterocycles. The second-order valence-corrected chi connectivity index (χ2v) is 14.4. The molecule has 3 N–H and O–H groups in total. The summed E-state index contributed by atoms with van der Waals surface area (Å²) in [4.78, 5) is 12.5. The summed E-state index contributed by atoms with van der Waals surface area (Å²) in [6.07, 6.45) is 41.2. The minimum Gasteiger partial charge on any atom is -0.387 e. The van der Waals surface area contributed by atoms with Crippen molar-refractivity contribution in [2.45, 2.75) is 193 Å². The van der Waals surface area contributed by atoms with E-state index in [0.29, 0.717) is 6.42 Å². The molecule has 1 amide bonds. The summed E-state index contributed by atoms with van der Waals surface area (Å²) in [5.74, 6) is -0.996. The number of hydrogen-bond donors (Lipinski definition) is 3. The number of unbranched alkanes of at least 4 members (excludes halogenated alkanes) is 21. The van der Waals surface area contributed by atoms with Crippen molar-refractivity contribution in [2.75, 3.05) is 5.75 Å². The molecule has 0 spiro atoms. The number of aliphatic hydroxyl groups excluding tert-OH is 1. The van der Waals surface area contributed by atoms with Gasteiger partial charge in [0.05, 0.1) is 17.9 Å². The molecule has 0 aromatic heterocycles. The van der Waals surface area contributed by atoms with Crippen LogP contribution in [0.25, 0.3) is 0 Å². The maximum Gasteiger partial charge on any atom is 0.267 e. The summed E-state index contributed by atoms with van der Waals surface area (Å²) in [6.45, 7) is 4.48. The molecule has 0 fully saturated rings. The maximum absolute atomic E-state index is 12.5. The fraction of sp³-hybridized carbons (Fsp3) is 0.816. The van der Waals surface area contributed by atoms with Gasteiger partial charge in [0.25, 0.3) is 10.1 Å². The summed E-state index contributed by atoms with van der Waals surface area (Å²) >= 11 is 0. The van der Waals surface area contributed by atoms with Gasteiger partial charge in [0, 0.05) is 6.42 Å². The zero-order valence-electron chi connectivity index (χ0n) is 29.2. The van der Waals surface area contributed by atoms with Crippen LogP contribution in [0.3, 0.4) is 0 Å². The molecule has 264 valence electrons. The van der Waals surface area contributed by atoms with E-state index in [1.807, 2.05) is 6.08 Å². The summed E-state index contributed by atoms with van der Waals surface area (Å²) < 4.78 is 32.4. The molecule has 45 heavy (non-hydrogen) atoms. The van der Waals surface area contributed by atoms with Gasteiger partial charge < -0.3 is 10.4 Å². The Labute approximate surface area is 278 Å². The molecule has 0 aliphatic carbocycles. The first-order valence-corrected chi connectivity index (χ1v) is 20.3. The van der Waals surface area contributed by atoms with Crippen LogP contribution in [0.1, 0.15) is 181 Å². The zero-order valence-corrected chi connectivity index (χ0v) is 30.1. The van der Waals surface area contributed by atoms with E-state index in [1.54, 1.807) is 6.08 Å². The van der Waals surface area contributed by atoms with Gasteiger partial charge >= 0.3 is 0 Å². The number of rotatable bonds is 33. The Morgan fingerprint density at radius 3 is 1.49 bits per heavy atom. The number of allylic oxidation sites excluding steroid dienone is 5. The number of carbonyl (C=O) groups is 1. The number of aliphatic hydroxyl groups is 1. The van der Waals surface area contributed by atoms with Crippen LogP contribution in [0.2, 0.25) is 0 Å². The number of carbonyl (C=O) groups excluding carboxylic acids is 1. The highest BCUT2D eigenvalue weighted by molar-refractivity contribution is 7.85. The first kappa shape index (κ1) is 43.6. The molecule has 0 aromatic rings. The summed E-state index contributed by atoms with van der Waals surface area (Å²) in [5, 5.41) is 13.2. The molecular formula is C38H71NO5S. The van der Waals surface area contributed by atoms with E-state index < -0.39 is 28.0 Å². The first-order valence-electron chi connectivity index (χ1n) is 18.7. The second-order valence-electron chi connectivity index (χ2n) is 12.9. The van der Waals surface area contributed by atoms with Gasteiger partial charge in [-0.1, -0.05) is 159 Å². The molecule has 0 aliphatic rings. The second kappa shape index (κ2) is 32.5. The van der Waals surface area contributed by atoms with Crippen LogP contribution in [-0.2, 0) is 14.9 Å². The Hall–Kier alpha value is -1.44. The van der Waals surface area contributed by atoms with Crippen molar-refractivity contribution in [1.29, 1.82) is 0 Å². The van der Waals surface area contributed by atoms with Crippen LogP contribution in [-0.4, -0.2) is 41.9 Å². The summed E-state index contributed by atoms with van der Waals surface area (Å²) in [5.41, 5.74) is 0. The van der Waals surface area contributed by atoms with Gasteiger partial charge in [0.15, 0.2) is 0 Å². The predicted molar refractivity (Wildman–Crippen MR) is 193 cm³/mol. The fourth-order valence-electron chi connectivity index (χ4n) is 5.48. The third kappa shape index (κ3) is 33.7. The molecule has 2 atom stereocenters. The van der Waals surface area contributed by atoms with Crippen LogP contribution < -0.4 is 5.32 Å². The molecule has 0 bridgehead atoms. The van der Waals surface area contributed by atoms with Crippen LogP contribution in [0.15, 0.2) is 36.5 Å². The van der Waals surface area contributed by atoms with Gasteiger partial charge in [-0.25, -0.2) is 0 Å². The topological polar surface area (TPSA) is 104 Å². The van der Waals surface area contributed by atoms with Crippen LogP contribution in [0.5, 0.6) is 0 Å². The third-order valence-corrected chi connectivity index (χ3v) is 9.09. The summed E-state index contributed by atoms with van der Waals surface area (Å²) in [6, 6.07) is -1.06. The van der Waals surface area contributed by atoms with E-state index in [4.69, 9.17) is 0 Å².